The SMILES string of the molecule is CCc1nc(N2CCN(C(=O)c3ccc(OC)cc3)CC2)c2c(C)nn(-c3ccccc3C)c2n1. The summed E-state index contributed by atoms with van der Waals surface area (Å²) in [5.74, 6) is 2.48. The maximum absolute atomic E-state index is 13.0. The standard InChI is InChI=1S/C27H30N6O2/c1-5-23-28-25(24-19(3)30-33(26(24)29-23)22-9-7-6-8-18(22)2)31-14-16-32(17-15-31)27(34)20-10-12-21(35-4)13-11-20/h6-13H,5,14-17H2,1-4H3. The number of nitrogens with zero attached hydrogens (tertiary/aromatic N) is 6. The number of para-hydroxylation sites is 1. The average molecular weight is 471 g/mol. The van der Waals surface area contributed by atoms with E-state index in [0.29, 0.717) is 31.7 Å². The minimum atomic E-state index is 0.0398. The topological polar surface area (TPSA) is 76.4 Å². The summed E-state index contributed by atoms with van der Waals surface area (Å²) in [6.07, 6.45) is 0.733. The molecule has 1 amide bonds. The van der Waals surface area contributed by atoms with E-state index in [9.17, 15) is 4.79 Å². The molecule has 0 atom stereocenters. The second kappa shape index (κ2) is 9.37. The van der Waals surface area contributed by atoms with Crippen molar-refractivity contribution in [3.05, 3.63) is 71.2 Å². The largest absolute Gasteiger partial charge is 0.497 e. The van der Waals surface area contributed by atoms with Gasteiger partial charge in [-0.15, -0.1) is 0 Å². The number of hydrogen-bond donors (Lipinski definition) is 0. The lowest BCUT2D eigenvalue weighted by atomic mass is 10.1. The van der Waals surface area contributed by atoms with E-state index in [-0.39, 0.29) is 5.91 Å². The molecule has 0 saturated carbocycles. The zero-order valence-corrected chi connectivity index (χ0v) is 20.7. The van der Waals surface area contributed by atoms with E-state index in [1.54, 1.807) is 7.11 Å². The summed E-state index contributed by atoms with van der Waals surface area (Å²) in [6.45, 7) is 8.82. The van der Waals surface area contributed by atoms with E-state index in [4.69, 9.17) is 19.8 Å². The van der Waals surface area contributed by atoms with E-state index in [1.165, 1.54) is 0 Å². The summed E-state index contributed by atoms with van der Waals surface area (Å²) in [5, 5.41) is 5.83. The highest BCUT2D eigenvalue weighted by molar-refractivity contribution is 5.95. The lowest BCUT2D eigenvalue weighted by Crippen LogP contribution is -2.49. The molecule has 8 nitrogen and oxygen atoms in total. The maximum Gasteiger partial charge on any atom is 0.253 e. The molecule has 0 aliphatic carbocycles. The van der Waals surface area contributed by atoms with Crippen molar-refractivity contribution < 1.29 is 9.53 Å². The van der Waals surface area contributed by atoms with Gasteiger partial charge in [-0.1, -0.05) is 25.1 Å². The van der Waals surface area contributed by atoms with E-state index in [0.717, 1.165) is 51.8 Å². The van der Waals surface area contributed by atoms with Crippen molar-refractivity contribution in [3.63, 3.8) is 0 Å². The zero-order valence-electron chi connectivity index (χ0n) is 20.7. The summed E-state index contributed by atoms with van der Waals surface area (Å²) in [5.41, 5.74) is 4.56. The number of amides is 1. The number of fused-ring (bicyclic) bond motifs is 1. The fraction of sp³-hybridized carbons (Fsp3) is 0.333. The van der Waals surface area contributed by atoms with E-state index in [2.05, 4.69) is 30.9 Å². The van der Waals surface area contributed by atoms with Crippen LogP contribution in [0.1, 0.15) is 34.4 Å². The number of carbonyl (C=O) groups excluding carboxylic acids is 1. The van der Waals surface area contributed by atoms with Crippen LogP contribution in [0.15, 0.2) is 48.5 Å². The molecule has 1 aliphatic rings. The average Bonchev–Trinajstić information content (AvgIpc) is 3.24. The summed E-state index contributed by atoms with van der Waals surface area (Å²) in [4.78, 5) is 27.0. The minimum Gasteiger partial charge on any atom is -0.497 e. The van der Waals surface area contributed by atoms with Gasteiger partial charge >= 0.3 is 0 Å². The van der Waals surface area contributed by atoms with Gasteiger partial charge in [0.15, 0.2) is 5.65 Å². The quantitative estimate of drug-likeness (QED) is 0.439. The van der Waals surface area contributed by atoms with Gasteiger partial charge in [0.05, 0.1) is 23.9 Å². The van der Waals surface area contributed by atoms with Crippen molar-refractivity contribution in [2.75, 3.05) is 38.2 Å². The predicted octanol–water partition coefficient (Wildman–Crippen LogP) is 3.97. The fourth-order valence-electron chi connectivity index (χ4n) is 4.60. The summed E-state index contributed by atoms with van der Waals surface area (Å²) in [7, 11) is 1.62. The molecular weight excluding hydrogens is 440 g/mol. The highest BCUT2D eigenvalue weighted by atomic mass is 16.5. The first-order valence-electron chi connectivity index (χ1n) is 12.0. The van der Waals surface area contributed by atoms with Crippen LogP contribution in [0.2, 0.25) is 0 Å². The number of methoxy groups -OCH3 is 1. The molecule has 1 fully saturated rings. The van der Waals surface area contributed by atoms with Gasteiger partial charge in [-0.25, -0.2) is 14.6 Å². The Balaban J connectivity index is 1.44. The Hall–Kier alpha value is -3.94. The number of piperazine rings is 1. The van der Waals surface area contributed by atoms with Crippen LogP contribution in [0, 0.1) is 13.8 Å². The molecule has 0 bridgehead atoms. The van der Waals surface area contributed by atoms with E-state index in [1.807, 2.05) is 52.9 Å². The molecule has 4 aromatic rings. The summed E-state index contributed by atoms with van der Waals surface area (Å²) >= 11 is 0. The van der Waals surface area contributed by atoms with Crippen molar-refractivity contribution in [2.24, 2.45) is 0 Å². The lowest BCUT2D eigenvalue weighted by molar-refractivity contribution is 0.0746. The van der Waals surface area contributed by atoms with Crippen molar-refractivity contribution in [3.8, 4) is 11.4 Å². The molecule has 1 saturated heterocycles. The summed E-state index contributed by atoms with van der Waals surface area (Å²) in [6, 6.07) is 15.5. The van der Waals surface area contributed by atoms with Gasteiger partial charge in [-0.3, -0.25) is 4.79 Å². The maximum atomic E-state index is 13.0. The second-order valence-electron chi connectivity index (χ2n) is 8.81. The number of carbonyl (C=O) groups is 1. The Kier molecular flexibility index (Phi) is 6.11. The van der Waals surface area contributed by atoms with Crippen molar-refractivity contribution in [1.29, 1.82) is 0 Å². The van der Waals surface area contributed by atoms with Gasteiger partial charge in [-0.05, 0) is 49.7 Å². The number of ether oxygens (including phenoxy) is 1. The third-order valence-corrected chi connectivity index (χ3v) is 6.59. The monoisotopic (exact) mass is 470 g/mol. The van der Waals surface area contributed by atoms with Gasteiger partial charge < -0.3 is 14.5 Å². The molecule has 2 aromatic heterocycles. The normalized spacial score (nSPS) is 13.9. The number of anilines is 1. The molecule has 0 spiro atoms. The molecule has 5 rings (SSSR count). The van der Waals surface area contributed by atoms with Crippen molar-refractivity contribution >= 4 is 22.8 Å². The van der Waals surface area contributed by atoms with Crippen LogP contribution in [0.5, 0.6) is 5.75 Å². The molecule has 2 aromatic carbocycles. The van der Waals surface area contributed by atoms with E-state index < -0.39 is 0 Å². The Labute approximate surface area is 205 Å². The number of aryl methyl sites for hydroxylation is 3. The molecule has 1 aliphatic heterocycles. The predicted molar refractivity (Wildman–Crippen MR) is 137 cm³/mol. The lowest BCUT2D eigenvalue weighted by Gasteiger charge is -2.35. The van der Waals surface area contributed by atoms with Crippen LogP contribution >= 0.6 is 0 Å². The molecule has 3 heterocycles. The molecule has 0 radical (unpaired) electrons. The van der Waals surface area contributed by atoms with Crippen molar-refractivity contribution in [2.45, 2.75) is 27.2 Å². The first-order valence-corrected chi connectivity index (χ1v) is 12.0. The Morgan fingerprint density at radius 3 is 2.34 bits per heavy atom. The second-order valence-corrected chi connectivity index (χ2v) is 8.81. The summed E-state index contributed by atoms with van der Waals surface area (Å²) < 4.78 is 7.15. The van der Waals surface area contributed by atoms with Crippen molar-refractivity contribution in [1.82, 2.24) is 24.6 Å². The Bertz CT molecular complexity index is 1370. The highest BCUT2D eigenvalue weighted by Crippen LogP contribution is 2.30. The zero-order chi connectivity index (χ0) is 24.5. The molecular formula is C27H30N6O2. The van der Waals surface area contributed by atoms with Crippen LogP contribution in [0.25, 0.3) is 16.7 Å². The van der Waals surface area contributed by atoms with Crippen LogP contribution in [0.4, 0.5) is 5.82 Å². The Morgan fingerprint density at radius 1 is 0.971 bits per heavy atom. The first kappa shape index (κ1) is 22.8. The molecule has 8 heteroatoms. The van der Waals surface area contributed by atoms with Crippen LogP contribution in [0.3, 0.4) is 0 Å². The number of aromatic nitrogens is 4. The number of rotatable bonds is 5. The first-order chi connectivity index (χ1) is 17.0. The minimum absolute atomic E-state index is 0.0398. The molecule has 0 N–H and O–H groups in total. The number of benzene rings is 2. The Morgan fingerprint density at radius 2 is 1.69 bits per heavy atom. The van der Waals surface area contributed by atoms with Crippen LogP contribution < -0.4 is 9.64 Å². The van der Waals surface area contributed by atoms with Gasteiger partial charge in [0.25, 0.3) is 5.91 Å². The van der Waals surface area contributed by atoms with Gasteiger partial charge in [0, 0.05) is 38.2 Å². The van der Waals surface area contributed by atoms with Gasteiger partial charge in [-0.2, -0.15) is 5.10 Å². The smallest absolute Gasteiger partial charge is 0.253 e. The molecule has 180 valence electrons. The van der Waals surface area contributed by atoms with E-state index >= 15 is 0 Å². The van der Waals surface area contributed by atoms with Gasteiger partial charge in [0.2, 0.25) is 0 Å². The third-order valence-electron chi connectivity index (χ3n) is 6.59. The van der Waals surface area contributed by atoms with Crippen LogP contribution in [-0.2, 0) is 6.42 Å². The fourth-order valence-corrected chi connectivity index (χ4v) is 4.60. The van der Waals surface area contributed by atoms with Crippen LogP contribution in [-0.4, -0.2) is 63.8 Å². The molecule has 0 unspecified atom stereocenters. The highest BCUT2D eigenvalue weighted by Gasteiger charge is 2.27. The third kappa shape index (κ3) is 4.20. The van der Waals surface area contributed by atoms with Gasteiger partial charge in [0.1, 0.15) is 17.4 Å². The molecule has 35 heavy (non-hydrogen) atoms. The number of hydrogen-bond acceptors (Lipinski definition) is 6.